The second-order valence-electron chi connectivity index (χ2n) is 2.48. The predicted molar refractivity (Wildman–Crippen MR) is 50.3 cm³/mol. The van der Waals surface area contributed by atoms with E-state index in [0.717, 1.165) is 11.5 Å². The SMILES string of the molecule is CCC.N#CN=S1CCCC1. The van der Waals surface area contributed by atoms with E-state index in [9.17, 15) is 0 Å². The zero-order valence-electron chi connectivity index (χ0n) is 7.34. The van der Waals surface area contributed by atoms with Crippen molar-refractivity contribution in [2.24, 2.45) is 4.36 Å². The Labute approximate surface area is 71.7 Å². The monoisotopic (exact) mass is 172 g/mol. The van der Waals surface area contributed by atoms with Gasteiger partial charge in [-0.05, 0) is 12.8 Å². The second-order valence-corrected chi connectivity index (χ2v) is 4.40. The molecule has 1 heterocycles. The average molecular weight is 172 g/mol. The zero-order chi connectivity index (χ0) is 8.53. The Bertz CT molecular complexity index is 150. The summed E-state index contributed by atoms with van der Waals surface area (Å²) in [5.41, 5.74) is 0. The van der Waals surface area contributed by atoms with Gasteiger partial charge in [0.05, 0.1) is 0 Å². The number of nitrogens with zero attached hydrogens (tertiary/aromatic N) is 2. The van der Waals surface area contributed by atoms with Crippen molar-refractivity contribution in [3.05, 3.63) is 0 Å². The second kappa shape index (κ2) is 7.74. The first-order valence-electron chi connectivity index (χ1n) is 4.12. The first-order valence-corrected chi connectivity index (χ1v) is 5.64. The zero-order valence-corrected chi connectivity index (χ0v) is 8.15. The standard InChI is InChI=1S/C5H8N2S.C3H8/c6-5-7-8-3-1-2-4-8;1-3-2/h1-4H2;3H2,1-2H3. The van der Waals surface area contributed by atoms with E-state index in [0.29, 0.717) is 0 Å². The van der Waals surface area contributed by atoms with E-state index in [4.69, 9.17) is 5.26 Å². The van der Waals surface area contributed by atoms with E-state index in [2.05, 4.69) is 18.2 Å². The molecule has 0 aromatic heterocycles. The van der Waals surface area contributed by atoms with E-state index in [1.807, 2.05) is 6.19 Å². The van der Waals surface area contributed by atoms with Gasteiger partial charge < -0.3 is 0 Å². The maximum absolute atomic E-state index is 8.12. The van der Waals surface area contributed by atoms with Crippen molar-refractivity contribution in [2.75, 3.05) is 11.5 Å². The van der Waals surface area contributed by atoms with Crippen molar-refractivity contribution in [3.8, 4) is 6.19 Å². The first kappa shape index (κ1) is 10.6. The van der Waals surface area contributed by atoms with E-state index in [-0.39, 0.29) is 10.7 Å². The Morgan fingerprint density at radius 1 is 1.36 bits per heavy atom. The lowest BCUT2D eigenvalue weighted by atomic mass is 10.4. The highest BCUT2D eigenvalue weighted by atomic mass is 32.2. The van der Waals surface area contributed by atoms with Crippen LogP contribution in [0.3, 0.4) is 0 Å². The third kappa shape index (κ3) is 6.05. The molecule has 0 spiro atoms. The van der Waals surface area contributed by atoms with Crippen LogP contribution in [0, 0.1) is 11.5 Å². The van der Waals surface area contributed by atoms with Crippen LogP contribution in [-0.2, 0) is 10.7 Å². The average Bonchev–Trinajstić information content (AvgIpc) is 2.42. The molecule has 1 fully saturated rings. The Morgan fingerprint density at radius 2 is 1.82 bits per heavy atom. The van der Waals surface area contributed by atoms with Crippen molar-refractivity contribution >= 4 is 10.7 Å². The smallest absolute Gasteiger partial charge is 0.170 e. The van der Waals surface area contributed by atoms with Crippen LogP contribution in [0.4, 0.5) is 0 Å². The van der Waals surface area contributed by atoms with Crippen LogP contribution >= 0.6 is 0 Å². The van der Waals surface area contributed by atoms with E-state index in [1.54, 1.807) is 0 Å². The molecular weight excluding hydrogens is 156 g/mol. The summed E-state index contributed by atoms with van der Waals surface area (Å²) in [6, 6.07) is 0. The lowest BCUT2D eigenvalue weighted by molar-refractivity contribution is 0.949. The molecule has 1 rings (SSSR count). The number of hydrogen-bond donors (Lipinski definition) is 0. The molecule has 64 valence electrons. The Balaban J connectivity index is 0.000000292. The quantitative estimate of drug-likeness (QED) is 0.517. The van der Waals surface area contributed by atoms with E-state index in [1.165, 1.54) is 19.3 Å². The van der Waals surface area contributed by atoms with Crippen molar-refractivity contribution in [2.45, 2.75) is 33.1 Å². The number of hydrogen-bond acceptors (Lipinski definition) is 2. The van der Waals surface area contributed by atoms with Gasteiger partial charge in [-0.15, -0.1) is 0 Å². The highest BCUT2D eigenvalue weighted by Crippen LogP contribution is 2.07. The summed E-state index contributed by atoms with van der Waals surface area (Å²) in [5, 5.41) is 8.12. The van der Waals surface area contributed by atoms with Gasteiger partial charge in [-0.2, -0.15) is 9.62 Å². The minimum absolute atomic E-state index is 0.137. The molecule has 0 unspecified atom stereocenters. The van der Waals surface area contributed by atoms with E-state index < -0.39 is 0 Å². The lowest BCUT2D eigenvalue weighted by Crippen LogP contribution is -1.86. The Hall–Kier alpha value is -0.360. The topological polar surface area (TPSA) is 36.1 Å². The van der Waals surface area contributed by atoms with Crippen molar-refractivity contribution in [1.82, 2.24) is 0 Å². The molecule has 1 aliphatic heterocycles. The van der Waals surface area contributed by atoms with Crippen LogP contribution < -0.4 is 0 Å². The molecule has 0 radical (unpaired) electrons. The fraction of sp³-hybridized carbons (Fsp3) is 0.875. The molecule has 11 heavy (non-hydrogen) atoms. The van der Waals surface area contributed by atoms with Gasteiger partial charge in [0.1, 0.15) is 0 Å². The molecule has 2 nitrogen and oxygen atoms in total. The molecule has 0 atom stereocenters. The van der Waals surface area contributed by atoms with Crippen LogP contribution in [-0.4, -0.2) is 11.5 Å². The van der Waals surface area contributed by atoms with Crippen LogP contribution in [0.1, 0.15) is 33.1 Å². The first-order chi connectivity index (χ1) is 5.35. The summed E-state index contributed by atoms with van der Waals surface area (Å²) < 4.78 is 3.76. The molecule has 3 heteroatoms. The molecular formula is C8H16N2S. The summed E-state index contributed by atoms with van der Waals surface area (Å²) >= 11 is 0. The fourth-order valence-electron chi connectivity index (χ4n) is 0.788. The van der Waals surface area contributed by atoms with Crippen LogP contribution in [0.15, 0.2) is 4.36 Å². The summed E-state index contributed by atoms with van der Waals surface area (Å²) in [4.78, 5) is 0. The highest BCUT2D eigenvalue weighted by Gasteiger charge is 2.04. The summed E-state index contributed by atoms with van der Waals surface area (Å²) in [6.45, 7) is 4.25. The maximum atomic E-state index is 8.12. The largest absolute Gasteiger partial charge is 0.212 e. The molecule has 0 aromatic carbocycles. The molecule has 0 aromatic rings. The summed E-state index contributed by atoms with van der Waals surface area (Å²) in [6.07, 6.45) is 5.64. The van der Waals surface area contributed by atoms with Crippen molar-refractivity contribution < 1.29 is 0 Å². The molecule has 0 saturated carbocycles. The van der Waals surface area contributed by atoms with Crippen molar-refractivity contribution in [1.29, 1.82) is 5.26 Å². The fourth-order valence-corrected chi connectivity index (χ4v) is 2.37. The third-order valence-electron chi connectivity index (χ3n) is 1.18. The van der Waals surface area contributed by atoms with Crippen LogP contribution in [0.5, 0.6) is 0 Å². The van der Waals surface area contributed by atoms with Crippen LogP contribution in [0.25, 0.3) is 0 Å². The molecule has 1 saturated heterocycles. The summed E-state index contributed by atoms with van der Waals surface area (Å²) in [5.74, 6) is 2.32. The number of nitriles is 1. The molecule has 1 aliphatic rings. The van der Waals surface area contributed by atoms with Gasteiger partial charge in [0.15, 0.2) is 0 Å². The molecule has 0 amide bonds. The van der Waals surface area contributed by atoms with Gasteiger partial charge in [-0.25, -0.2) is 0 Å². The summed E-state index contributed by atoms with van der Waals surface area (Å²) in [7, 11) is 0.137. The maximum Gasteiger partial charge on any atom is 0.212 e. The lowest BCUT2D eigenvalue weighted by Gasteiger charge is -1.85. The van der Waals surface area contributed by atoms with Gasteiger partial charge in [-0.1, -0.05) is 31.0 Å². The Morgan fingerprint density at radius 3 is 2.18 bits per heavy atom. The highest BCUT2D eigenvalue weighted by molar-refractivity contribution is 7.87. The molecule has 0 aliphatic carbocycles. The van der Waals surface area contributed by atoms with E-state index >= 15 is 0 Å². The Kier molecular flexibility index (Phi) is 7.49. The van der Waals surface area contributed by atoms with Gasteiger partial charge in [0.25, 0.3) is 0 Å². The van der Waals surface area contributed by atoms with Gasteiger partial charge in [-0.3, -0.25) is 0 Å². The minimum Gasteiger partial charge on any atom is -0.170 e. The predicted octanol–water partition coefficient (Wildman–Crippen LogP) is 2.48. The van der Waals surface area contributed by atoms with Crippen molar-refractivity contribution in [3.63, 3.8) is 0 Å². The number of rotatable bonds is 0. The van der Waals surface area contributed by atoms with Gasteiger partial charge in [0, 0.05) is 11.5 Å². The molecule has 0 bridgehead atoms. The normalized spacial score (nSPS) is 16.5. The van der Waals surface area contributed by atoms with Crippen LogP contribution in [0.2, 0.25) is 0 Å². The van der Waals surface area contributed by atoms with Gasteiger partial charge >= 0.3 is 0 Å². The minimum atomic E-state index is 0.137. The molecule has 0 N–H and O–H groups in total. The third-order valence-corrected chi connectivity index (χ3v) is 3.04. The van der Waals surface area contributed by atoms with Gasteiger partial charge in [0.2, 0.25) is 6.19 Å².